The summed E-state index contributed by atoms with van der Waals surface area (Å²) in [6.45, 7) is 5.27. The highest BCUT2D eigenvalue weighted by Gasteiger charge is 2.31. The molecule has 0 fully saturated rings. The van der Waals surface area contributed by atoms with Crippen molar-refractivity contribution in [2.75, 3.05) is 13.1 Å². The predicted octanol–water partition coefficient (Wildman–Crippen LogP) is 4.63. The molecular formula is C26H29N3O2. The smallest absolute Gasteiger partial charge is 0.251 e. The summed E-state index contributed by atoms with van der Waals surface area (Å²) < 4.78 is 0. The normalized spacial score (nSPS) is 15.9. The first-order valence-corrected chi connectivity index (χ1v) is 11.0. The minimum absolute atomic E-state index is 0.00661. The molecule has 2 heterocycles. The molecule has 1 aromatic heterocycles. The zero-order chi connectivity index (χ0) is 21.8. The number of aromatic nitrogens is 1. The fourth-order valence-corrected chi connectivity index (χ4v) is 4.15. The van der Waals surface area contributed by atoms with E-state index >= 15 is 0 Å². The lowest BCUT2D eigenvalue weighted by Gasteiger charge is -2.32. The third-order valence-electron chi connectivity index (χ3n) is 6.26. The third kappa shape index (κ3) is 4.41. The molecule has 0 spiro atoms. The van der Waals surface area contributed by atoms with Gasteiger partial charge < -0.3 is 15.2 Å². The monoisotopic (exact) mass is 415 g/mol. The van der Waals surface area contributed by atoms with Gasteiger partial charge in [-0.25, -0.2) is 0 Å². The van der Waals surface area contributed by atoms with Crippen molar-refractivity contribution in [2.45, 2.75) is 32.7 Å². The lowest BCUT2D eigenvalue weighted by atomic mass is 9.95. The molecule has 0 saturated carbocycles. The van der Waals surface area contributed by atoms with Crippen LogP contribution in [0.15, 0.2) is 66.9 Å². The first kappa shape index (κ1) is 20.9. The summed E-state index contributed by atoms with van der Waals surface area (Å²) in [6, 6.07) is 16.8. The second-order valence-corrected chi connectivity index (χ2v) is 8.21. The average Bonchev–Trinajstić information content (AvgIpc) is 3.26. The van der Waals surface area contributed by atoms with Crippen LogP contribution in [-0.2, 0) is 4.79 Å². The zero-order valence-corrected chi connectivity index (χ0v) is 18.1. The molecule has 0 saturated heterocycles. The van der Waals surface area contributed by atoms with E-state index in [4.69, 9.17) is 0 Å². The van der Waals surface area contributed by atoms with E-state index in [1.54, 1.807) is 12.1 Å². The number of amides is 2. The number of carbonyl (C=O) groups is 2. The van der Waals surface area contributed by atoms with E-state index < -0.39 is 6.04 Å². The van der Waals surface area contributed by atoms with Crippen LogP contribution in [0.3, 0.4) is 0 Å². The SMILES string of the molecule is CCC(C)C(NC(=O)c1ccccc1)C(=O)N1CC=C(c2c[nH]c3ccccc23)CC1. The van der Waals surface area contributed by atoms with Gasteiger partial charge in [0.15, 0.2) is 0 Å². The molecule has 2 atom stereocenters. The van der Waals surface area contributed by atoms with E-state index in [1.807, 2.05) is 49.1 Å². The van der Waals surface area contributed by atoms with Crippen LogP contribution in [0.1, 0.15) is 42.6 Å². The van der Waals surface area contributed by atoms with Crippen molar-refractivity contribution in [2.24, 2.45) is 5.92 Å². The van der Waals surface area contributed by atoms with Gasteiger partial charge in [-0.15, -0.1) is 0 Å². The van der Waals surface area contributed by atoms with Crippen LogP contribution in [0.2, 0.25) is 0 Å². The second kappa shape index (κ2) is 9.21. The summed E-state index contributed by atoms with van der Waals surface area (Å²) in [5.74, 6) is -0.154. The maximum atomic E-state index is 13.3. The second-order valence-electron chi connectivity index (χ2n) is 8.21. The van der Waals surface area contributed by atoms with Gasteiger partial charge in [0.1, 0.15) is 6.04 Å². The Morgan fingerprint density at radius 1 is 1.10 bits per heavy atom. The molecule has 2 aromatic carbocycles. The molecule has 0 aliphatic carbocycles. The van der Waals surface area contributed by atoms with Crippen molar-refractivity contribution in [1.29, 1.82) is 0 Å². The summed E-state index contributed by atoms with van der Waals surface area (Å²) in [5.41, 5.74) is 4.16. The number of fused-ring (bicyclic) bond motifs is 1. The number of rotatable bonds is 6. The number of hydrogen-bond acceptors (Lipinski definition) is 2. The number of nitrogens with zero attached hydrogens (tertiary/aromatic N) is 1. The first-order chi connectivity index (χ1) is 15.1. The van der Waals surface area contributed by atoms with E-state index in [0.717, 1.165) is 18.4 Å². The highest BCUT2D eigenvalue weighted by molar-refractivity contribution is 5.98. The molecule has 5 heteroatoms. The molecule has 1 aliphatic rings. The topological polar surface area (TPSA) is 65.2 Å². The lowest BCUT2D eigenvalue weighted by molar-refractivity contribution is -0.134. The fraction of sp³-hybridized carbons (Fsp3) is 0.308. The molecule has 2 unspecified atom stereocenters. The van der Waals surface area contributed by atoms with E-state index in [1.165, 1.54) is 16.5 Å². The minimum Gasteiger partial charge on any atom is -0.361 e. The van der Waals surface area contributed by atoms with Gasteiger partial charge in [-0.3, -0.25) is 9.59 Å². The number of aromatic amines is 1. The Morgan fingerprint density at radius 3 is 2.55 bits per heavy atom. The van der Waals surface area contributed by atoms with Crippen molar-refractivity contribution in [1.82, 2.24) is 15.2 Å². The maximum Gasteiger partial charge on any atom is 0.251 e. The third-order valence-corrected chi connectivity index (χ3v) is 6.26. The minimum atomic E-state index is -0.527. The van der Waals surface area contributed by atoms with Gasteiger partial charge in [0.05, 0.1) is 0 Å². The van der Waals surface area contributed by atoms with E-state index in [2.05, 4.69) is 34.7 Å². The van der Waals surface area contributed by atoms with Crippen molar-refractivity contribution < 1.29 is 9.59 Å². The molecule has 0 radical (unpaired) electrons. The number of carbonyl (C=O) groups excluding carboxylic acids is 2. The van der Waals surface area contributed by atoms with E-state index in [-0.39, 0.29) is 17.7 Å². The summed E-state index contributed by atoms with van der Waals surface area (Å²) in [6.07, 6.45) is 5.81. The van der Waals surface area contributed by atoms with Gasteiger partial charge in [-0.2, -0.15) is 0 Å². The number of hydrogen-bond donors (Lipinski definition) is 2. The molecule has 5 nitrogen and oxygen atoms in total. The Kier molecular flexibility index (Phi) is 6.21. The summed E-state index contributed by atoms with van der Waals surface area (Å²) in [7, 11) is 0. The van der Waals surface area contributed by atoms with Crippen molar-refractivity contribution in [3.05, 3.63) is 78.0 Å². The van der Waals surface area contributed by atoms with Crippen LogP contribution in [-0.4, -0.2) is 40.8 Å². The molecule has 2 amide bonds. The van der Waals surface area contributed by atoms with Crippen LogP contribution in [0.4, 0.5) is 0 Å². The fourth-order valence-electron chi connectivity index (χ4n) is 4.15. The average molecular weight is 416 g/mol. The molecule has 4 rings (SSSR count). The standard InChI is InChI=1S/C26H29N3O2/c1-3-18(2)24(28-25(30)20-9-5-4-6-10-20)26(31)29-15-13-19(14-16-29)22-17-27-23-12-8-7-11-21(22)23/h4-13,17-18,24,27H,3,14-16H2,1-2H3,(H,28,30). The van der Waals surface area contributed by atoms with Crippen LogP contribution in [0, 0.1) is 5.92 Å². The van der Waals surface area contributed by atoms with Gasteiger partial charge in [0.25, 0.3) is 5.91 Å². The van der Waals surface area contributed by atoms with Gasteiger partial charge in [0, 0.05) is 41.3 Å². The quantitative estimate of drug-likeness (QED) is 0.617. The van der Waals surface area contributed by atoms with Gasteiger partial charge in [0.2, 0.25) is 5.91 Å². The maximum absolute atomic E-state index is 13.3. The highest BCUT2D eigenvalue weighted by Crippen LogP contribution is 2.29. The predicted molar refractivity (Wildman–Crippen MR) is 125 cm³/mol. The Balaban J connectivity index is 1.49. The summed E-state index contributed by atoms with van der Waals surface area (Å²) in [4.78, 5) is 31.2. The molecule has 3 aromatic rings. The summed E-state index contributed by atoms with van der Waals surface area (Å²) >= 11 is 0. The Labute approximate surface area is 183 Å². The van der Waals surface area contributed by atoms with Gasteiger partial charge >= 0.3 is 0 Å². The Morgan fingerprint density at radius 2 is 1.84 bits per heavy atom. The van der Waals surface area contributed by atoms with Crippen LogP contribution >= 0.6 is 0 Å². The van der Waals surface area contributed by atoms with E-state index in [0.29, 0.717) is 18.7 Å². The van der Waals surface area contributed by atoms with Crippen molar-refractivity contribution in [3.8, 4) is 0 Å². The van der Waals surface area contributed by atoms with Gasteiger partial charge in [-0.1, -0.05) is 62.7 Å². The number of para-hydroxylation sites is 1. The molecular weight excluding hydrogens is 386 g/mol. The first-order valence-electron chi connectivity index (χ1n) is 11.0. The molecule has 160 valence electrons. The number of H-pyrrole nitrogens is 1. The Bertz CT molecular complexity index is 1100. The molecule has 2 N–H and O–H groups in total. The Hall–Kier alpha value is -3.34. The largest absolute Gasteiger partial charge is 0.361 e. The zero-order valence-electron chi connectivity index (χ0n) is 18.1. The lowest BCUT2D eigenvalue weighted by Crippen LogP contribution is -2.52. The number of nitrogens with one attached hydrogen (secondary N) is 2. The molecule has 0 bridgehead atoms. The number of benzene rings is 2. The van der Waals surface area contributed by atoms with Crippen molar-refractivity contribution >= 4 is 28.3 Å². The van der Waals surface area contributed by atoms with Crippen molar-refractivity contribution in [3.63, 3.8) is 0 Å². The van der Waals surface area contributed by atoms with Crippen LogP contribution in [0.5, 0.6) is 0 Å². The van der Waals surface area contributed by atoms with Crippen LogP contribution < -0.4 is 5.32 Å². The summed E-state index contributed by atoms with van der Waals surface area (Å²) in [5, 5.41) is 4.20. The van der Waals surface area contributed by atoms with Crippen LogP contribution in [0.25, 0.3) is 16.5 Å². The van der Waals surface area contributed by atoms with Gasteiger partial charge in [-0.05, 0) is 36.1 Å². The van der Waals surface area contributed by atoms with E-state index in [9.17, 15) is 9.59 Å². The molecule has 1 aliphatic heterocycles. The molecule has 31 heavy (non-hydrogen) atoms. The highest BCUT2D eigenvalue weighted by atomic mass is 16.2.